The normalized spacial score (nSPS) is 18.8. The highest BCUT2D eigenvalue weighted by molar-refractivity contribution is 6.35. The molecule has 0 radical (unpaired) electrons. The van der Waals surface area contributed by atoms with Crippen LogP contribution in [0.4, 0.5) is 4.79 Å². The SMILES string of the molecule is O=C1C=C(C(=O)N2C(=O)OC[C@H]2Cc2ccccc2)C(=O)c2ccccc21. The Bertz CT molecular complexity index is 993. The van der Waals surface area contributed by atoms with Gasteiger partial charge in [0, 0.05) is 17.2 Å². The van der Waals surface area contributed by atoms with Crippen molar-refractivity contribution >= 4 is 23.6 Å². The second kappa shape index (κ2) is 6.64. The first-order valence-electron chi connectivity index (χ1n) is 8.50. The third kappa shape index (κ3) is 2.95. The largest absolute Gasteiger partial charge is 0.447 e. The molecule has 0 unspecified atom stereocenters. The first-order chi connectivity index (χ1) is 13.1. The fourth-order valence-electron chi connectivity index (χ4n) is 3.35. The summed E-state index contributed by atoms with van der Waals surface area (Å²) >= 11 is 0. The number of nitrogens with zero attached hydrogens (tertiary/aromatic N) is 1. The average molecular weight is 361 g/mol. The number of hydrogen-bond acceptors (Lipinski definition) is 5. The number of allylic oxidation sites excluding steroid dienone is 1. The van der Waals surface area contributed by atoms with E-state index in [1.807, 2.05) is 30.3 Å². The highest BCUT2D eigenvalue weighted by Gasteiger charge is 2.42. The number of cyclic esters (lactones) is 1. The minimum Gasteiger partial charge on any atom is -0.447 e. The number of ether oxygens (including phenoxy) is 1. The number of Topliss-reactive ketones (excluding diaryl/α,β-unsaturated/α-hetero) is 1. The van der Waals surface area contributed by atoms with Gasteiger partial charge < -0.3 is 4.74 Å². The smallest absolute Gasteiger partial charge is 0.417 e. The second-order valence-corrected chi connectivity index (χ2v) is 6.39. The van der Waals surface area contributed by atoms with E-state index in [4.69, 9.17) is 4.74 Å². The number of amides is 2. The van der Waals surface area contributed by atoms with Crippen molar-refractivity contribution < 1.29 is 23.9 Å². The van der Waals surface area contributed by atoms with Crippen molar-refractivity contribution in [2.45, 2.75) is 12.5 Å². The molecule has 0 aromatic heterocycles. The molecular weight excluding hydrogens is 346 g/mol. The van der Waals surface area contributed by atoms with Crippen molar-refractivity contribution in [1.29, 1.82) is 0 Å². The Morgan fingerprint density at radius 3 is 2.37 bits per heavy atom. The van der Waals surface area contributed by atoms with Crippen molar-refractivity contribution in [2.75, 3.05) is 6.61 Å². The third-order valence-electron chi connectivity index (χ3n) is 4.68. The molecule has 134 valence electrons. The molecule has 1 aliphatic heterocycles. The zero-order chi connectivity index (χ0) is 19.0. The molecule has 2 aromatic rings. The Morgan fingerprint density at radius 2 is 1.63 bits per heavy atom. The molecule has 6 heteroatoms. The number of benzene rings is 2. The predicted octanol–water partition coefficient (Wildman–Crippen LogP) is 2.58. The van der Waals surface area contributed by atoms with E-state index in [2.05, 4.69) is 0 Å². The molecule has 6 nitrogen and oxygen atoms in total. The molecule has 1 fully saturated rings. The molecule has 4 rings (SSSR count). The zero-order valence-corrected chi connectivity index (χ0v) is 14.3. The van der Waals surface area contributed by atoms with Gasteiger partial charge in [0.1, 0.15) is 6.61 Å². The summed E-state index contributed by atoms with van der Waals surface area (Å²) in [5.74, 6) is -1.79. The van der Waals surface area contributed by atoms with Gasteiger partial charge in [0.25, 0.3) is 5.91 Å². The summed E-state index contributed by atoms with van der Waals surface area (Å²) in [5.41, 5.74) is 1.05. The molecule has 2 amide bonds. The molecule has 0 bridgehead atoms. The highest BCUT2D eigenvalue weighted by Crippen LogP contribution is 2.26. The van der Waals surface area contributed by atoms with Gasteiger partial charge in [-0.2, -0.15) is 0 Å². The van der Waals surface area contributed by atoms with Crippen LogP contribution in [0, 0.1) is 0 Å². The van der Waals surface area contributed by atoms with Crippen molar-refractivity contribution in [1.82, 2.24) is 4.90 Å². The van der Waals surface area contributed by atoms with Gasteiger partial charge in [0.15, 0.2) is 11.6 Å². The number of carbonyl (C=O) groups excluding carboxylic acids is 4. The average Bonchev–Trinajstić information content (AvgIpc) is 3.05. The lowest BCUT2D eigenvalue weighted by atomic mass is 9.88. The fraction of sp³-hybridized carbons (Fsp3) is 0.143. The third-order valence-corrected chi connectivity index (χ3v) is 4.68. The van der Waals surface area contributed by atoms with Crippen molar-refractivity contribution in [3.63, 3.8) is 0 Å². The maximum absolute atomic E-state index is 13.0. The van der Waals surface area contributed by atoms with Crippen LogP contribution in [0.15, 0.2) is 66.2 Å². The first kappa shape index (κ1) is 16.9. The first-order valence-corrected chi connectivity index (χ1v) is 8.50. The van der Waals surface area contributed by atoms with E-state index in [1.165, 1.54) is 12.1 Å². The highest BCUT2D eigenvalue weighted by atomic mass is 16.6. The Morgan fingerprint density at radius 1 is 0.963 bits per heavy atom. The molecule has 0 saturated carbocycles. The van der Waals surface area contributed by atoms with Crippen LogP contribution in [-0.2, 0) is 16.0 Å². The molecule has 0 spiro atoms. The van der Waals surface area contributed by atoms with Gasteiger partial charge in [0.05, 0.1) is 11.6 Å². The van der Waals surface area contributed by atoms with Crippen LogP contribution in [0.1, 0.15) is 26.3 Å². The minimum absolute atomic E-state index is 0.0471. The van der Waals surface area contributed by atoms with Crippen LogP contribution in [-0.4, -0.2) is 41.1 Å². The van der Waals surface area contributed by atoms with E-state index in [0.717, 1.165) is 16.5 Å². The van der Waals surface area contributed by atoms with Crippen LogP contribution in [0.5, 0.6) is 0 Å². The number of hydrogen-bond donors (Lipinski definition) is 0. The second-order valence-electron chi connectivity index (χ2n) is 6.39. The fourth-order valence-corrected chi connectivity index (χ4v) is 3.35. The summed E-state index contributed by atoms with van der Waals surface area (Å²) < 4.78 is 5.04. The molecule has 0 N–H and O–H groups in total. The van der Waals surface area contributed by atoms with E-state index in [-0.39, 0.29) is 23.3 Å². The van der Waals surface area contributed by atoms with E-state index in [9.17, 15) is 19.2 Å². The van der Waals surface area contributed by atoms with Crippen LogP contribution in [0.25, 0.3) is 0 Å². The summed E-state index contributed by atoms with van der Waals surface area (Å²) in [6.45, 7) is 0.0471. The maximum atomic E-state index is 13.0. The molecule has 1 saturated heterocycles. The number of carbonyl (C=O) groups is 4. The number of rotatable bonds is 3. The topological polar surface area (TPSA) is 80.8 Å². The van der Waals surface area contributed by atoms with Gasteiger partial charge >= 0.3 is 6.09 Å². The molecule has 2 aromatic carbocycles. The summed E-state index contributed by atoms with van der Waals surface area (Å²) in [4.78, 5) is 51.1. The van der Waals surface area contributed by atoms with Crippen molar-refractivity contribution in [3.8, 4) is 0 Å². The van der Waals surface area contributed by atoms with Crippen molar-refractivity contribution in [3.05, 3.63) is 82.9 Å². The lowest BCUT2D eigenvalue weighted by Crippen LogP contribution is -2.43. The van der Waals surface area contributed by atoms with Crippen LogP contribution in [0.2, 0.25) is 0 Å². The van der Waals surface area contributed by atoms with Crippen LogP contribution < -0.4 is 0 Å². The van der Waals surface area contributed by atoms with Gasteiger partial charge in [-0.25, -0.2) is 9.69 Å². The van der Waals surface area contributed by atoms with Gasteiger partial charge in [-0.05, 0) is 12.0 Å². The van der Waals surface area contributed by atoms with Gasteiger partial charge in [-0.3, -0.25) is 14.4 Å². The van der Waals surface area contributed by atoms with Crippen molar-refractivity contribution in [2.24, 2.45) is 0 Å². The summed E-state index contributed by atoms with van der Waals surface area (Å²) in [6.07, 6.45) is 0.614. The van der Waals surface area contributed by atoms with E-state index >= 15 is 0 Å². The monoisotopic (exact) mass is 361 g/mol. The molecule has 27 heavy (non-hydrogen) atoms. The molecule has 1 heterocycles. The maximum Gasteiger partial charge on any atom is 0.417 e. The minimum atomic E-state index is -0.805. The standard InChI is InChI=1S/C21H15NO5/c23-18-11-17(19(24)16-9-5-4-8-15(16)18)20(25)22-14(12-27-21(22)26)10-13-6-2-1-3-7-13/h1-9,11,14H,10,12H2/t14-/m1/s1. The lowest BCUT2D eigenvalue weighted by Gasteiger charge is -2.22. The Balaban J connectivity index is 1.64. The van der Waals surface area contributed by atoms with E-state index < -0.39 is 29.6 Å². The van der Waals surface area contributed by atoms with Crippen LogP contribution in [0.3, 0.4) is 0 Å². The Labute approximate surface area is 155 Å². The number of ketones is 2. The zero-order valence-electron chi connectivity index (χ0n) is 14.3. The summed E-state index contributed by atoms with van der Waals surface area (Å²) in [6, 6.07) is 15.1. The van der Waals surface area contributed by atoms with E-state index in [0.29, 0.717) is 6.42 Å². The molecular formula is C21H15NO5. The Hall–Kier alpha value is -3.54. The number of fused-ring (bicyclic) bond motifs is 1. The molecule has 2 aliphatic rings. The Kier molecular flexibility index (Phi) is 4.16. The number of imide groups is 1. The predicted molar refractivity (Wildman–Crippen MR) is 95.3 cm³/mol. The summed E-state index contributed by atoms with van der Waals surface area (Å²) in [7, 11) is 0. The van der Waals surface area contributed by atoms with E-state index in [1.54, 1.807) is 12.1 Å². The van der Waals surface area contributed by atoms with Gasteiger partial charge in [-0.15, -0.1) is 0 Å². The molecule has 1 aliphatic carbocycles. The van der Waals surface area contributed by atoms with Gasteiger partial charge in [0.2, 0.25) is 0 Å². The lowest BCUT2D eigenvalue weighted by molar-refractivity contribution is -0.124. The quantitative estimate of drug-likeness (QED) is 0.785. The summed E-state index contributed by atoms with van der Waals surface area (Å²) in [5, 5.41) is 0. The molecule has 1 atom stereocenters. The van der Waals surface area contributed by atoms with Gasteiger partial charge in [-0.1, -0.05) is 54.6 Å². The van der Waals surface area contributed by atoms with Crippen LogP contribution >= 0.6 is 0 Å².